The van der Waals surface area contributed by atoms with E-state index in [1.54, 1.807) is 6.20 Å². The molecule has 2 aromatic heterocycles. The molecular formula is C20H23FN6O2. The third-order valence-electron chi connectivity index (χ3n) is 5.20. The molecule has 9 heteroatoms. The summed E-state index contributed by atoms with van der Waals surface area (Å²) < 4.78 is 20.0. The standard InChI is InChI=1S/C20H23FN6O2/c1-13-2-4-14(5-3-13)11-29-20(28)27-7-6-15(17(21)10-27)8-22-18-16-9-25-26-19(16)24-12-23-18/h2-5,9,12,15,17H,6-8,10-11H2,1H3,(H2,22,23,24,25,26)/t15-,17-/m1/s1. The van der Waals surface area contributed by atoms with Crippen LogP contribution in [0.1, 0.15) is 17.5 Å². The molecule has 3 heterocycles. The second-order valence-electron chi connectivity index (χ2n) is 7.29. The summed E-state index contributed by atoms with van der Waals surface area (Å²) in [6.45, 7) is 3.10. The number of carbonyl (C=O) groups excluding carboxylic acids is 1. The first kappa shape index (κ1) is 19.1. The molecule has 0 unspecified atom stereocenters. The first-order valence-corrected chi connectivity index (χ1v) is 9.59. The van der Waals surface area contributed by atoms with Crippen LogP contribution in [-0.2, 0) is 11.3 Å². The molecule has 1 aliphatic rings. The van der Waals surface area contributed by atoms with Gasteiger partial charge in [0.05, 0.1) is 18.1 Å². The minimum atomic E-state index is -1.13. The SMILES string of the molecule is Cc1ccc(COC(=O)N2CC[C@H](CNc3ncnc4[nH]ncc34)[C@H](F)C2)cc1. The van der Waals surface area contributed by atoms with Gasteiger partial charge in [0.2, 0.25) is 0 Å². The monoisotopic (exact) mass is 398 g/mol. The summed E-state index contributed by atoms with van der Waals surface area (Å²) in [5.74, 6) is 0.406. The van der Waals surface area contributed by atoms with Gasteiger partial charge in [-0.1, -0.05) is 29.8 Å². The van der Waals surface area contributed by atoms with Crippen LogP contribution in [0.3, 0.4) is 0 Å². The Morgan fingerprint density at radius 3 is 2.97 bits per heavy atom. The van der Waals surface area contributed by atoms with Crippen molar-refractivity contribution in [1.29, 1.82) is 0 Å². The number of ether oxygens (including phenoxy) is 1. The van der Waals surface area contributed by atoms with Crippen molar-refractivity contribution in [2.75, 3.05) is 25.0 Å². The second-order valence-corrected chi connectivity index (χ2v) is 7.29. The average molecular weight is 398 g/mol. The lowest BCUT2D eigenvalue weighted by Gasteiger charge is -2.34. The number of piperidine rings is 1. The van der Waals surface area contributed by atoms with Gasteiger partial charge < -0.3 is 15.0 Å². The van der Waals surface area contributed by atoms with Gasteiger partial charge in [-0.15, -0.1) is 0 Å². The zero-order valence-corrected chi connectivity index (χ0v) is 16.1. The molecule has 0 bridgehead atoms. The summed E-state index contributed by atoms with van der Waals surface area (Å²) in [5, 5.41) is 10.7. The fourth-order valence-corrected chi connectivity index (χ4v) is 3.40. The molecule has 1 fully saturated rings. The van der Waals surface area contributed by atoms with Gasteiger partial charge in [0.15, 0.2) is 5.65 Å². The summed E-state index contributed by atoms with van der Waals surface area (Å²) in [6.07, 6.45) is 2.01. The number of anilines is 1. The second kappa shape index (κ2) is 8.42. The van der Waals surface area contributed by atoms with Crippen molar-refractivity contribution in [2.24, 2.45) is 5.92 Å². The highest BCUT2D eigenvalue weighted by Gasteiger charge is 2.32. The van der Waals surface area contributed by atoms with Crippen LogP contribution in [-0.4, -0.2) is 57.0 Å². The Morgan fingerprint density at radius 1 is 1.34 bits per heavy atom. The number of alkyl halides is 1. The molecule has 8 nitrogen and oxygen atoms in total. The van der Waals surface area contributed by atoms with Crippen molar-refractivity contribution < 1.29 is 13.9 Å². The number of aromatic nitrogens is 4. The Kier molecular flexibility index (Phi) is 5.55. The van der Waals surface area contributed by atoms with Crippen molar-refractivity contribution in [2.45, 2.75) is 26.1 Å². The number of aromatic amines is 1. The zero-order chi connectivity index (χ0) is 20.2. The third-order valence-corrected chi connectivity index (χ3v) is 5.20. The molecule has 1 amide bonds. The van der Waals surface area contributed by atoms with E-state index >= 15 is 0 Å². The molecular weight excluding hydrogens is 375 g/mol. The van der Waals surface area contributed by atoms with Gasteiger partial charge in [-0.2, -0.15) is 5.10 Å². The minimum absolute atomic E-state index is 0.0317. The maximum absolute atomic E-state index is 14.7. The molecule has 2 N–H and O–H groups in total. The molecule has 2 atom stereocenters. The van der Waals surface area contributed by atoms with Crippen molar-refractivity contribution in [1.82, 2.24) is 25.1 Å². The molecule has 1 aromatic carbocycles. The first-order chi connectivity index (χ1) is 14.1. The van der Waals surface area contributed by atoms with Crippen LogP contribution in [0, 0.1) is 12.8 Å². The highest BCUT2D eigenvalue weighted by molar-refractivity contribution is 5.85. The summed E-state index contributed by atoms with van der Waals surface area (Å²) in [7, 11) is 0. The van der Waals surface area contributed by atoms with Crippen LogP contribution in [0.4, 0.5) is 15.0 Å². The van der Waals surface area contributed by atoms with E-state index in [0.717, 1.165) is 16.5 Å². The van der Waals surface area contributed by atoms with Gasteiger partial charge in [-0.05, 0) is 18.9 Å². The van der Waals surface area contributed by atoms with Crippen LogP contribution < -0.4 is 5.32 Å². The number of rotatable bonds is 5. The van der Waals surface area contributed by atoms with E-state index in [-0.39, 0.29) is 19.1 Å². The Morgan fingerprint density at radius 2 is 2.17 bits per heavy atom. The Hall–Kier alpha value is -3.23. The highest BCUT2D eigenvalue weighted by Crippen LogP contribution is 2.23. The van der Waals surface area contributed by atoms with Gasteiger partial charge in [-0.25, -0.2) is 19.2 Å². The number of likely N-dealkylation sites (tertiary alicyclic amines) is 1. The van der Waals surface area contributed by atoms with E-state index in [9.17, 15) is 9.18 Å². The molecule has 0 aliphatic carbocycles. The first-order valence-electron chi connectivity index (χ1n) is 9.59. The number of fused-ring (bicyclic) bond motifs is 1. The Labute approximate surface area is 167 Å². The summed E-state index contributed by atoms with van der Waals surface area (Å²) in [6, 6.07) is 7.77. The third kappa shape index (κ3) is 4.44. The number of nitrogens with zero attached hydrogens (tertiary/aromatic N) is 4. The fourth-order valence-electron chi connectivity index (χ4n) is 3.40. The van der Waals surface area contributed by atoms with Crippen LogP contribution in [0.25, 0.3) is 11.0 Å². The number of aryl methyl sites for hydroxylation is 1. The van der Waals surface area contributed by atoms with Crippen molar-refractivity contribution >= 4 is 22.9 Å². The maximum atomic E-state index is 14.7. The van der Waals surface area contributed by atoms with Crippen molar-refractivity contribution in [3.8, 4) is 0 Å². The number of nitrogens with one attached hydrogen (secondary N) is 2. The molecule has 4 rings (SSSR count). The van der Waals surface area contributed by atoms with Gasteiger partial charge in [0.25, 0.3) is 0 Å². The van der Waals surface area contributed by atoms with Gasteiger partial charge >= 0.3 is 6.09 Å². The number of hydrogen-bond donors (Lipinski definition) is 2. The fraction of sp³-hybridized carbons (Fsp3) is 0.400. The largest absolute Gasteiger partial charge is 0.445 e. The summed E-state index contributed by atoms with van der Waals surface area (Å²) in [5.41, 5.74) is 2.69. The van der Waals surface area contributed by atoms with Crippen LogP contribution in [0.2, 0.25) is 0 Å². The van der Waals surface area contributed by atoms with Gasteiger partial charge in [-0.3, -0.25) is 5.10 Å². The predicted molar refractivity (Wildman–Crippen MR) is 106 cm³/mol. The smallest absolute Gasteiger partial charge is 0.410 e. The van der Waals surface area contributed by atoms with Gasteiger partial charge in [0, 0.05) is 19.0 Å². The van der Waals surface area contributed by atoms with E-state index in [0.29, 0.717) is 31.0 Å². The Balaban J connectivity index is 1.27. The predicted octanol–water partition coefficient (Wildman–Crippen LogP) is 3.07. The lowest BCUT2D eigenvalue weighted by molar-refractivity contribution is 0.0544. The van der Waals surface area contributed by atoms with E-state index in [4.69, 9.17) is 4.74 Å². The number of carbonyl (C=O) groups is 1. The molecule has 152 valence electrons. The topological polar surface area (TPSA) is 96.0 Å². The number of H-pyrrole nitrogens is 1. The highest BCUT2D eigenvalue weighted by atomic mass is 19.1. The zero-order valence-electron chi connectivity index (χ0n) is 16.1. The summed E-state index contributed by atoms with van der Waals surface area (Å²) in [4.78, 5) is 22.0. The molecule has 0 spiro atoms. The molecule has 0 saturated carbocycles. The lowest BCUT2D eigenvalue weighted by Crippen LogP contribution is -2.46. The average Bonchev–Trinajstić information content (AvgIpc) is 3.22. The molecule has 29 heavy (non-hydrogen) atoms. The molecule has 0 radical (unpaired) electrons. The van der Waals surface area contributed by atoms with E-state index in [1.165, 1.54) is 11.2 Å². The van der Waals surface area contributed by atoms with Gasteiger partial charge in [0.1, 0.15) is 24.9 Å². The van der Waals surface area contributed by atoms with E-state index in [1.807, 2.05) is 31.2 Å². The minimum Gasteiger partial charge on any atom is -0.445 e. The van der Waals surface area contributed by atoms with Crippen molar-refractivity contribution in [3.63, 3.8) is 0 Å². The van der Waals surface area contributed by atoms with Crippen LogP contribution in [0.5, 0.6) is 0 Å². The van der Waals surface area contributed by atoms with E-state index < -0.39 is 12.3 Å². The number of hydrogen-bond acceptors (Lipinski definition) is 6. The lowest BCUT2D eigenvalue weighted by atomic mass is 9.95. The quantitative estimate of drug-likeness (QED) is 0.686. The molecule has 1 aliphatic heterocycles. The number of halogens is 1. The molecule has 3 aromatic rings. The van der Waals surface area contributed by atoms with E-state index in [2.05, 4.69) is 25.5 Å². The number of amides is 1. The van der Waals surface area contributed by atoms with Crippen molar-refractivity contribution in [3.05, 3.63) is 47.9 Å². The Bertz CT molecular complexity index is 977. The maximum Gasteiger partial charge on any atom is 0.410 e. The van der Waals surface area contributed by atoms with Crippen LogP contribution in [0.15, 0.2) is 36.8 Å². The van der Waals surface area contributed by atoms with Crippen LogP contribution >= 0.6 is 0 Å². The normalized spacial score (nSPS) is 19.3. The summed E-state index contributed by atoms with van der Waals surface area (Å²) >= 11 is 0. The number of benzene rings is 1. The molecule has 1 saturated heterocycles.